The highest BCUT2D eigenvalue weighted by molar-refractivity contribution is 8.00. The van der Waals surface area contributed by atoms with Crippen LogP contribution in [0.5, 0.6) is 0 Å². The molecular formula is C23H25N3O3S. The number of rotatable bonds is 7. The summed E-state index contributed by atoms with van der Waals surface area (Å²) < 4.78 is 8.96. The number of hydrogen-bond acceptors (Lipinski definition) is 6. The third-order valence-corrected chi connectivity index (χ3v) is 6.26. The second-order valence-corrected chi connectivity index (χ2v) is 8.15. The lowest BCUT2D eigenvalue weighted by molar-refractivity contribution is 0.0696. The number of aromatic carboxylic acids is 1. The minimum absolute atomic E-state index is 0.293. The van der Waals surface area contributed by atoms with Crippen LogP contribution in [0, 0.1) is 0 Å². The number of oxazole rings is 1. The molecule has 0 saturated carbocycles. The minimum atomic E-state index is -0.917. The molecule has 0 amide bonds. The van der Waals surface area contributed by atoms with Gasteiger partial charge in [-0.2, -0.15) is 0 Å². The lowest BCUT2D eigenvalue weighted by Crippen LogP contribution is -2.29. The molecule has 0 spiro atoms. The normalized spacial score (nSPS) is 14.0. The fourth-order valence-corrected chi connectivity index (χ4v) is 4.62. The van der Waals surface area contributed by atoms with Crippen molar-refractivity contribution in [1.29, 1.82) is 0 Å². The molecule has 1 aliphatic heterocycles. The summed E-state index contributed by atoms with van der Waals surface area (Å²) in [5, 5.41) is 9.36. The van der Waals surface area contributed by atoms with E-state index in [0.29, 0.717) is 11.5 Å². The average molecular weight is 424 g/mol. The van der Waals surface area contributed by atoms with Crippen molar-refractivity contribution in [3.05, 3.63) is 60.0 Å². The molecule has 0 radical (unpaired) electrons. The summed E-state index contributed by atoms with van der Waals surface area (Å²) in [4.78, 5) is 19.0. The van der Waals surface area contributed by atoms with Crippen LogP contribution in [0.15, 0.2) is 58.2 Å². The Morgan fingerprint density at radius 2 is 2.03 bits per heavy atom. The van der Waals surface area contributed by atoms with Crippen LogP contribution in [-0.2, 0) is 6.42 Å². The fourth-order valence-electron chi connectivity index (χ4n) is 3.71. The molecule has 156 valence electrons. The van der Waals surface area contributed by atoms with Crippen molar-refractivity contribution < 1.29 is 14.3 Å². The van der Waals surface area contributed by atoms with Crippen molar-refractivity contribution in [3.8, 4) is 11.5 Å². The van der Waals surface area contributed by atoms with Gasteiger partial charge in [0.2, 0.25) is 5.89 Å². The van der Waals surface area contributed by atoms with E-state index in [9.17, 15) is 9.90 Å². The molecule has 1 aromatic heterocycles. The number of nitrogens with zero attached hydrogens (tertiary/aromatic N) is 2. The van der Waals surface area contributed by atoms with E-state index in [2.05, 4.69) is 33.7 Å². The Labute approximate surface area is 180 Å². The Bertz CT molecular complexity index is 1010. The van der Waals surface area contributed by atoms with Gasteiger partial charge in [0.1, 0.15) is 6.26 Å². The van der Waals surface area contributed by atoms with E-state index in [-0.39, 0.29) is 0 Å². The van der Waals surface area contributed by atoms with Crippen LogP contribution in [0.25, 0.3) is 11.5 Å². The number of carboxylic acids is 1. The number of nitrogens with one attached hydrogen (secondary N) is 1. The smallest absolute Gasteiger partial charge is 0.335 e. The second kappa shape index (κ2) is 9.26. The van der Waals surface area contributed by atoms with Gasteiger partial charge in [0.25, 0.3) is 0 Å². The van der Waals surface area contributed by atoms with Crippen molar-refractivity contribution >= 4 is 29.3 Å². The van der Waals surface area contributed by atoms with Crippen LogP contribution < -0.4 is 9.62 Å². The number of piperidine rings is 1. The molecule has 1 fully saturated rings. The fraction of sp³-hybridized carbons (Fsp3) is 0.304. The predicted octanol–water partition coefficient (Wildman–Crippen LogP) is 5.71. The molecule has 2 N–H and O–H groups in total. The Balaban J connectivity index is 1.65. The number of aromatic nitrogens is 1. The summed E-state index contributed by atoms with van der Waals surface area (Å²) in [5.74, 6) is -0.338. The topological polar surface area (TPSA) is 78.6 Å². The van der Waals surface area contributed by atoms with Crippen molar-refractivity contribution in [2.75, 3.05) is 22.7 Å². The van der Waals surface area contributed by atoms with Crippen molar-refractivity contribution in [1.82, 2.24) is 4.98 Å². The summed E-state index contributed by atoms with van der Waals surface area (Å²) in [5.41, 5.74) is 4.42. The molecule has 6 nitrogen and oxygen atoms in total. The first-order valence-electron chi connectivity index (χ1n) is 10.2. The molecule has 0 unspecified atom stereocenters. The zero-order chi connectivity index (χ0) is 20.9. The molecule has 3 aromatic rings. The van der Waals surface area contributed by atoms with Gasteiger partial charge in [-0.3, -0.25) is 0 Å². The third kappa shape index (κ3) is 4.46. The van der Waals surface area contributed by atoms with E-state index in [0.717, 1.165) is 46.9 Å². The number of hydrogen-bond donors (Lipinski definition) is 2. The summed E-state index contributed by atoms with van der Waals surface area (Å²) in [6.07, 6.45) is 7.69. The summed E-state index contributed by atoms with van der Waals surface area (Å²) in [6, 6.07) is 11.5. The van der Waals surface area contributed by atoms with Crippen LogP contribution in [0.4, 0.5) is 11.4 Å². The Hall–Kier alpha value is -2.93. The first kappa shape index (κ1) is 20.3. The maximum atomic E-state index is 11.4. The zero-order valence-corrected chi connectivity index (χ0v) is 17.7. The van der Waals surface area contributed by atoms with Crippen molar-refractivity contribution in [2.45, 2.75) is 37.5 Å². The van der Waals surface area contributed by atoms with Gasteiger partial charge in [0.15, 0.2) is 0 Å². The van der Waals surface area contributed by atoms with Gasteiger partial charge in [-0.15, -0.1) is 0 Å². The van der Waals surface area contributed by atoms with E-state index >= 15 is 0 Å². The number of anilines is 2. The summed E-state index contributed by atoms with van der Waals surface area (Å²) in [7, 11) is 0. The molecule has 1 saturated heterocycles. The highest BCUT2D eigenvalue weighted by Gasteiger charge is 2.17. The quantitative estimate of drug-likeness (QED) is 0.471. The molecule has 4 rings (SSSR count). The molecule has 0 atom stereocenters. The number of aryl methyl sites for hydroxylation is 1. The van der Waals surface area contributed by atoms with Crippen molar-refractivity contribution in [3.63, 3.8) is 0 Å². The van der Waals surface area contributed by atoms with E-state index in [4.69, 9.17) is 4.42 Å². The van der Waals surface area contributed by atoms with E-state index in [1.54, 1.807) is 24.6 Å². The molecule has 0 aliphatic carbocycles. The third-order valence-electron chi connectivity index (χ3n) is 5.34. The Morgan fingerprint density at radius 3 is 2.73 bits per heavy atom. The summed E-state index contributed by atoms with van der Waals surface area (Å²) in [6.45, 7) is 4.14. The van der Waals surface area contributed by atoms with Gasteiger partial charge in [-0.05, 0) is 73.5 Å². The predicted molar refractivity (Wildman–Crippen MR) is 120 cm³/mol. The first-order chi connectivity index (χ1) is 14.7. The van der Waals surface area contributed by atoms with Crippen LogP contribution in [0.2, 0.25) is 0 Å². The number of carbonyl (C=O) groups is 1. The minimum Gasteiger partial charge on any atom is -0.478 e. The lowest BCUT2D eigenvalue weighted by atomic mass is 10.1. The van der Waals surface area contributed by atoms with E-state index in [1.165, 1.54) is 31.2 Å². The first-order valence-corrected chi connectivity index (χ1v) is 11.1. The lowest BCUT2D eigenvalue weighted by Gasteiger charge is -2.31. The van der Waals surface area contributed by atoms with E-state index < -0.39 is 5.97 Å². The van der Waals surface area contributed by atoms with Gasteiger partial charge in [0.05, 0.1) is 23.1 Å². The summed E-state index contributed by atoms with van der Waals surface area (Å²) >= 11 is 1.45. The van der Waals surface area contributed by atoms with Crippen molar-refractivity contribution in [2.24, 2.45) is 0 Å². The van der Waals surface area contributed by atoms with Gasteiger partial charge >= 0.3 is 5.97 Å². The second-order valence-electron chi connectivity index (χ2n) is 7.30. The highest BCUT2D eigenvalue weighted by Crippen LogP contribution is 2.36. The molecule has 7 heteroatoms. The van der Waals surface area contributed by atoms with Gasteiger partial charge in [0, 0.05) is 23.5 Å². The van der Waals surface area contributed by atoms with Gasteiger partial charge < -0.3 is 19.1 Å². The molecule has 2 aromatic carbocycles. The van der Waals surface area contributed by atoms with Gasteiger partial charge in [-0.1, -0.05) is 13.0 Å². The van der Waals surface area contributed by atoms with Gasteiger partial charge in [-0.25, -0.2) is 9.78 Å². The molecule has 1 aliphatic rings. The molecule has 30 heavy (non-hydrogen) atoms. The molecular weight excluding hydrogens is 398 g/mol. The number of carboxylic acid groups (broad SMARTS) is 1. The average Bonchev–Trinajstić information content (AvgIpc) is 3.33. The van der Waals surface area contributed by atoms with Crippen LogP contribution in [0.3, 0.4) is 0 Å². The molecule has 0 bridgehead atoms. The number of benzene rings is 2. The zero-order valence-electron chi connectivity index (χ0n) is 16.9. The Kier molecular flexibility index (Phi) is 6.28. The van der Waals surface area contributed by atoms with Crippen LogP contribution in [0.1, 0.15) is 42.1 Å². The van der Waals surface area contributed by atoms with Crippen LogP contribution >= 0.6 is 11.9 Å². The highest BCUT2D eigenvalue weighted by atomic mass is 32.2. The largest absolute Gasteiger partial charge is 0.478 e. The maximum Gasteiger partial charge on any atom is 0.335 e. The van der Waals surface area contributed by atoms with Crippen LogP contribution in [-0.4, -0.2) is 29.1 Å². The standard InChI is InChI=1S/C23H25N3O3S/c1-2-16-6-7-18(23(27)28)15-21(16)30-25-19-14-17(22-24-10-13-29-22)8-9-20(19)26-11-4-3-5-12-26/h6-10,13-15,25H,2-5,11-12H2,1H3,(H,27,28). The Morgan fingerprint density at radius 1 is 1.20 bits per heavy atom. The SMILES string of the molecule is CCc1ccc(C(=O)O)cc1SNc1cc(-c2ncco2)ccc1N1CCCCC1. The van der Waals surface area contributed by atoms with E-state index in [1.807, 2.05) is 12.1 Å². The molecule has 2 heterocycles. The monoisotopic (exact) mass is 423 g/mol. The maximum absolute atomic E-state index is 11.4.